The number of benzene rings is 1. The predicted molar refractivity (Wildman–Crippen MR) is 71.0 cm³/mol. The van der Waals surface area contributed by atoms with Gasteiger partial charge in [-0.25, -0.2) is 8.78 Å². The third-order valence-electron chi connectivity index (χ3n) is 3.72. The molecule has 0 radical (unpaired) electrons. The molecule has 0 amide bonds. The van der Waals surface area contributed by atoms with Crippen LogP contribution in [-0.2, 0) is 11.2 Å². The van der Waals surface area contributed by atoms with Crippen LogP contribution >= 0.6 is 0 Å². The van der Waals surface area contributed by atoms with Crippen LogP contribution in [0.2, 0.25) is 0 Å². The van der Waals surface area contributed by atoms with Crippen molar-refractivity contribution in [2.45, 2.75) is 38.8 Å². The van der Waals surface area contributed by atoms with Crippen molar-refractivity contribution in [1.82, 2.24) is 5.32 Å². The van der Waals surface area contributed by atoms with E-state index in [1.54, 1.807) is 0 Å². The Hall–Kier alpha value is -1.00. The average molecular weight is 269 g/mol. The maximum absolute atomic E-state index is 13.7. The molecule has 1 N–H and O–H groups in total. The molecule has 3 unspecified atom stereocenters. The normalized spacial score (nSPS) is 24.6. The fourth-order valence-corrected chi connectivity index (χ4v) is 2.72. The zero-order valence-electron chi connectivity index (χ0n) is 11.5. The molecule has 1 aliphatic rings. The van der Waals surface area contributed by atoms with Crippen LogP contribution in [0.15, 0.2) is 18.2 Å². The highest BCUT2D eigenvalue weighted by Gasteiger charge is 2.29. The summed E-state index contributed by atoms with van der Waals surface area (Å²) in [6, 6.07) is 3.98. The van der Waals surface area contributed by atoms with Crippen LogP contribution in [0.5, 0.6) is 0 Å². The molecule has 1 heterocycles. The third-order valence-corrected chi connectivity index (χ3v) is 3.72. The third kappa shape index (κ3) is 3.74. The maximum Gasteiger partial charge on any atom is 0.129 e. The highest BCUT2D eigenvalue weighted by molar-refractivity contribution is 5.20. The van der Waals surface area contributed by atoms with Gasteiger partial charge in [0, 0.05) is 18.0 Å². The Bertz CT molecular complexity index is 425. The van der Waals surface area contributed by atoms with E-state index in [1.807, 2.05) is 6.92 Å². The standard InChI is InChI=1S/C15H21F2NO/c1-3-18-15(12-6-10(2)19-9-12)7-11-4-5-13(16)8-14(11)17/h4-5,8,10,12,15,18H,3,6-7,9H2,1-2H3. The Morgan fingerprint density at radius 2 is 2.21 bits per heavy atom. The molecule has 3 atom stereocenters. The monoisotopic (exact) mass is 269 g/mol. The molecule has 1 aliphatic heterocycles. The fourth-order valence-electron chi connectivity index (χ4n) is 2.72. The van der Waals surface area contributed by atoms with E-state index in [2.05, 4.69) is 12.2 Å². The summed E-state index contributed by atoms with van der Waals surface area (Å²) in [5.74, 6) is -0.603. The van der Waals surface area contributed by atoms with Gasteiger partial charge >= 0.3 is 0 Å². The van der Waals surface area contributed by atoms with E-state index >= 15 is 0 Å². The molecule has 2 rings (SSSR count). The van der Waals surface area contributed by atoms with Gasteiger partial charge in [-0.3, -0.25) is 0 Å². The Kier molecular flexibility index (Phi) is 4.88. The molecule has 0 saturated carbocycles. The molecular weight excluding hydrogens is 248 g/mol. The number of halogens is 2. The number of nitrogens with one attached hydrogen (secondary N) is 1. The van der Waals surface area contributed by atoms with Gasteiger partial charge < -0.3 is 10.1 Å². The lowest BCUT2D eigenvalue weighted by atomic mass is 9.91. The van der Waals surface area contributed by atoms with Crippen molar-refractivity contribution >= 4 is 0 Å². The lowest BCUT2D eigenvalue weighted by Gasteiger charge is -2.23. The number of hydrogen-bond acceptors (Lipinski definition) is 2. The van der Waals surface area contributed by atoms with Crippen molar-refractivity contribution in [3.05, 3.63) is 35.4 Å². The second-order valence-electron chi connectivity index (χ2n) is 5.24. The summed E-state index contributed by atoms with van der Waals surface area (Å²) in [5.41, 5.74) is 0.562. The largest absolute Gasteiger partial charge is 0.378 e. The smallest absolute Gasteiger partial charge is 0.129 e. The van der Waals surface area contributed by atoms with Crippen molar-refractivity contribution in [2.75, 3.05) is 13.2 Å². The SMILES string of the molecule is CCNC(Cc1ccc(F)cc1F)C1COC(C)C1. The van der Waals surface area contributed by atoms with Crippen LogP contribution in [0.3, 0.4) is 0 Å². The summed E-state index contributed by atoms with van der Waals surface area (Å²) in [7, 11) is 0. The van der Waals surface area contributed by atoms with Crippen LogP contribution in [0, 0.1) is 17.6 Å². The highest BCUT2D eigenvalue weighted by Crippen LogP contribution is 2.25. The summed E-state index contributed by atoms with van der Waals surface area (Å²) >= 11 is 0. The van der Waals surface area contributed by atoms with E-state index in [1.165, 1.54) is 12.1 Å². The second-order valence-corrected chi connectivity index (χ2v) is 5.24. The number of rotatable bonds is 5. The van der Waals surface area contributed by atoms with Gasteiger partial charge in [-0.15, -0.1) is 0 Å². The van der Waals surface area contributed by atoms with Gasteiger partial charge in [0.05, 0.1) is 12.7 Å². The van der Waals surface area contributed by atoms with Crippen LogP contribution in [-0.4, -0.2) is 25.3 Å². The van der Waals surface area contributed by atoms with E-state index < -0.39 is 11.6 Å². The van der Waals surface area contributed by atoms with Gasteiger partial charge in [-0.05, 0) is 37.9 Å². The molecule has 19 heavy (non-hydrogen) atoms. The molecule has 4 heteroatoms. The molecule has 0 spiro atoms. The second kappa shape index (κ2) is 6.44. The Labute approximate surface area is 113 Å². The van der Waals surface area contributed by atoms with Crippen molar-refractivity contribution in [3.8, 4) is 0 Å². The molecule has 1 fully saturated rings. The minimum absolute atomic E-state index is 0.176. The van der Waals surface area contributed by atoms with Crippen LogP contribution in [0.4, 0.5) is 8.78 Å². The molecular formula is C15H21F2NO. The van der Waals surface area contributed by atoms with Crippen molar-refractivity contribution < 1.29 is 13.5 Å². The average Bonchev–Trinajstić information content (AvgIpc) is 2.78. The van der Waals surface area contributed by atoms with E-state index in [-0.39, 0.29) is 12.1 Å². The van der Waals surface area contributed by atoms with Crippen molar-refractivity contribution in [2.24, 2.45) is 5.92 Å². The van der Waals surface area contributed by atoms with Gasteiger partial charge in [-0.2, -0.15) is 0 Å². The van der Waals surface area contributed by atoms with E-state index in [4.69, 9.17) is 4.74 Å². The zero-order chi connectivity index (χ0) is 13.8. The molecule has 2 nitrogen and oxygen atoms in total. The first-order valence-corrected chi connectivity index (χ1v) is 6.89. The zero-order valence-corrected chi connectivity index (χ0v) is 11.5. The highest BCUT2D eigenvalue weighted by atomic mass is 19.1. The topological polar surface area (TPSA) is 21.3 Å². The minimum atomic E-state index is -0.529. The molecule has 1 saturated heterocycles. The number of ether oxygens (including phenoxy) is 1. The first kappa shape index (κ1) is 14.4. The van der Waals surface area contributed by atoms with Gasteiger partial charge in [-0.1, -0.05) is 13.0 Å². The Morgan fingerprint density at radius 1 is 1.42 bits per heavy atom. The van der Waals surface area contributed by atoms with Gasteiger partial charge in [0.15, 0.2) is 0 Å². The Balaban J connectivity index is 2.07. The lowest BCUT2D eigenvalue weighted by molar-refractivity contribution is 0.117. The summed E-state index contributed by atoms with van der Waals surface area (Å²) in [5, 5.41) is 3.40. The summed E-state index contributed by atoms with van der Waals surface area (Å²) in [4.78, 5) is 0. The number of likely N-dealkylation sites (N-methyl/N-ethyl adjacent to an activating group) is 1. The van der Waals surface area contributed by atoms with Crippen molar-refractivity contribution in [3.63, 3.8) is 0 Å². The fraction of sp³-hybridized carbons (Fsp3) is 0.600. The van der Waals surface area contributed by atoms with E-state index in [0.29, 0.717) is 24.5 Å². The summed E-state index contributed by atoms with van der Waals surface area (Å²) < 4.78 is 32.2. The van der Waals surface area contributed by atoms with Gasteiger partial charge in [0.25, 0.3) is 0 Å². The molecule has 0 aromatic heterocycles. The van der Waals surface area contributed by atoms with Crippen LogP contribution in [0.25, 0.3) is 0 Å². The molecule has 1 aromatic carbocycles. The van der Waals surface area contributed by atoms with E-state index in [9.17, 15) is 8.78 Å². The van der Waals surface area contributed by atoms with E-state index in [0.717, 1.165) is 19.0 Å². The summed E-state index contributed by atoms with van der Waals surface area (Å²) in [6.45, 7) is 5.63. The summed E-state index contributed by atoms with van der Waals surface area (Å²) in [6.07, 6.45) is 1.82. The first-order chi connectivity index (χ1) is 9.10. The van der Waals surface area contributed by atoms with Gasteiger partial charge in [0.1, 0.15) is 11.6 Å². The van der Waals surface area contributed by atoms with Crippen molar-refractivity contribution in [1.29, 1.82) is 0 Å². The Morgan fingerprint density at radius 3 is 2.79 bits per heavy atom. The van der Waals surface area contributed by atoms with Crippen LogP contribution in [0.1, 0.15) is 25.8 Å². The minimum Gasteiger partial charge on any atom is -0.378 e. The molecule has 0 bridgehead atoms. The maximum atomic E-state index is 13.7. The quantitative estimate of drug-likeness (QED) is 0.887. The molecule has 106 valence electrons. The lowest BCUT2D eigenvalue weighted by Crippen LogP contribution is -2.38. The molecule has 0 aliphatic carbocycles. The van der Waals surface area contributed by atoms with Crippen LogP contribution < -0.4 is 5.32 Å². The number of hydrogen-bond donors (Lipinski definition) is 1. The predicted octanol–water partition coefficient (Wildman–Crippen LogP) is 2.91. The van der Waals surface area contributed by atoms with Gasteiger partial charge in [0.2, 0.25) is 0 Å². The first-order valence-electron chi connectivity index (χ1n) is 6.89. The molecule has 1 aromatic rings.